The molecule has 1 N–H and O–H groups in total. The molecule has 2 aromatic heterocycles. The van der Waals surface area contributed by atoms with Crippen LogP contribution in [0.4, 0.5) is 5.82 Å². The maximum absolute atomic E-state index is 12.5. The predicted molar refractivity (Wildman–Crippen MR) is 139 cm³/mol. The second kappa shape index (κ2) is 11.9. The third-order valence-corrected chi connectivity index (χ3v) is 7.09. The molecule has 0 unspecified atom stereocenters. The number of anilines is 1. The molecule has 0 radical (unpaired) electrons. The van der Waals surface area contributed by atoms with Gasteiger partial charge in [-0.3, -0.25) is 4.79 Å². The number of ether oxygens (including phenoxy) is 1. The fraction of sp³-hybridized carbons (Fsp3) is 0.500. The molecule has 10 heteroatoms. The maximum atomic E-state index is 12.5. The highest BCUT2D eigenvalue weighted by molar-refractivity contribution is 8.00. The Morgan fingerprint density at radius 3 is 2.65 bits per heavy atom. The largest absolute Gasteiger partial charge is 0.378 e. The van der Waals surface area contributed by atoms with E-state index in [4.69, 9.17) is 14.7 Å². The van der Waals surface area contributed by atoms with Crippen LogP contribution in [0.3, 0.4) is 0 Å². The number of carbonyl (C=O) groups is 1. The molecule has 182 valence electrons. The number of nitrogens with one attached hydrogen (secondary N) is 1. The summed E-state index contributed by atoms with van der Waals surface area (Å²) >= 11 is 3.44. The van der Waals surface area contributed by atoms with Crippen LogP contribution in [-0.4, -0.2) is 69.5 Å². The van der Waals surface area contributed by atoms with Crippen LogP contribution in [0.2, 0.25) is 0 Å². The van der Waals surface area contributed by atoms with Gasteiger partial charge in [0.1, 0.15) is 5.82 Å². The lowest BCUT2D eigenvalue weighted by atomic mass is 10.1. The highest BCUT2D eigenvalue weighted by Gasteiger charge is 2.20. The molecule has 0 spiro atoms. The number of rotatable bonds is 10. The third-order valence-electron chi connectivity index (χ3n) is 5.35. The van der Waals surface area contributed by atoms with Gasteiger partial charge in [0, 0.05) is 29.8 Å². The second-order valence-corrected chi connectivity index (χ2v) is 11.2. The van der Waals surface area contributed by atoms with Crippen LogP contribution in [-0.2, 0) is 22.5 Å². The van der Waals surface area contributed by atoms with Gasteiger partial charge in [0.2, 0.25) is 5.91 Å². The number of hydrogen-bond donors (Lipinski definition) is 1. The molecular formula is C24H32N6O2S2. The molecular weight excluding hydrogens is 468 g/mol. The summed E-state index contributed by atoms with van der Waals surface area (Å²) in [6, 6.07) is 8.23. The first-order chi connectivity index (χ1) is 16.5. The van der Waals surface area contributed by atoms with Gasteiger partial charge >= 0.3 is 0 Å². The highest BCUT2D eigenvalue weighted by Crippen LogP contribution is 2.28. The lowest BCUT2D eigenvalue weighted by molar-refractivity contribution is -0.120. The monoisotopic (exact) mass is 500 g/mol. The number of aromatic nitrogens is 4. The van der Waals surface area contributed by atoms with Gasteiger partial charge in [-0.05, 0) is 23.4 Å². The van der Waals surface area contributed by atoms with E-state index < -0.39 is 0 Å². The smallest absolute Gasteiger partial charge is 0.224 e. The second-order valence-electron chi connectivity index (χ2n) is 8.30. The zero-order valence-corrected chi connectivity index (χ0v) is 21.6. The first-order valence-corrected chi connectivity index (χ1v) is 13.6. The summed E-state index contributed by atoms with van der Waals surface area (Å²) in [6.07, 6.45) is 2.20. The van der Waals surface area contributed by atoms with Crippen LogP contribution < -0.4 is 10.2 Å². The standard InChI is InChI=1S/C24H32N6O2S2/c1-4-33-24-27-22(29-11-13-32-14-12-29)20-16-26-30(23(20)28-24)10-9-25-21(31)15-18-5-7-19(8-6-18)34-17(2)3/h5-8,16-17H,4,9-15H2,1-3H3,(H,25,31). The van der Waals surface area contributed by atoms with E-state index in [9.17, 15) is 4.79 Å². The summed E-state index contributed by atoms with van der Waals surface area (Å²) in [5, 5.41) is 9.81. The number of amides is 1. The Bertz CT molecular complexity index is 1100. The minimum Gasteiger partial charge on any atom is -0.378 e. The summed E-state index contributed by atoms with van der Waals surface area (Å²) in [5.74, 6) is 1.82. The van der Waals surface area contributed by atoms with Crippen molar-refractivity contribution in [1.29, 1.82) is 0 Å². The molecule has 34 heavy (non-hydrogen) atoms. The molecule has 0 bridgehead atoms. The van der Waals surface area contributed by atoms with Crippen LogP contribution in [0.1, 0.15) is 26.3 Å². The van der Waals surface area contributed by atoms with Crippen molar-refractivity contribution in [2.24, 2.45) is 0 Å². The normalized spacial score (nSPS) is 14.2. The topological polar surface area (TPSA) is 85.2 Å². The zero-order chi connectivity index (χ0) is 23.9. The molecule has 0 saturated carbocycles. The number of hydrogen-bond acceptors (Lipinski definition) is 8. The van der Waals surface area contributed by atoms with Gasteiger partial charge in [-0.25, -0.2) is 14.6 Å². The summed E-state index contributed by atoms with van der Waals surface area (Å²) < 4.78 is 7.36. The van der Waals surface area contributed by atoms with Crippen molar-refractivity contribution in [3.8, 4) is 0 Å². The molecule has 3 heterocycles. The van der Waals surface area contributed by atoms with Crippen LogP contribution >= 0.6 is 23.5 Å². The van der Waals surface area contributed by atoms with E-state index in [1.165, 1.54) is 4.90 Å². The number of nitrogens with zero attached hydrogens (tertiary/aromatic N) is 5. The van der Waals surface area contributed by atoms with Gasteiger partial charge in [0.25, 0.3) is 0 Å². The number of benzene rings is 1. The molecule has 0 atom stereocenters. The van der Waals surface area contributed by atoms with Crippen molar-refractivity contribution < 1.29 is 9.53 Å². The number of morpholine rings is 1. The van der Waals surface area contributed by atoms with Crippen molar-refractivity contribution in [3.05, 3.63) is 36.0 Å². The van der Waals surface area contributed by atoms with E-state index in [2.05, 4.69) is 48.2 Å². The van der Waals surface area contributed by atoms with Crippen molar-refractivity contribution >= 4 is 46.3 Å². The SMILES string of the molecule is CCSc1nc(N2CCOCC2)c2cnn(CCNC(=O)Cc3ccc(SC(C)C)cc3)c2n1. The summed E-state index contributed by atoms with van der Waals surface area (Å²) in [7, 11) is 0. The fourth-order valence-electron chi connectivity index (χ4n) is 3.80. The van der Waals surface area contributed by atoms with Gasteiger partial charge in [0.15, 0.2) is 10.8 Å². The van der Waals surface area contributed by atoms with Gasteiger partial charge in [0.05, 0.1) is 37.8 Å². The lowest BCUT2D eigenvalue weighted by Crippen LogP contribution is -2.37. The molecule has 0 aliphatic carbocycles. The molecule has 4 rings (SSSR count). The third kappa shape index (κ3) is 6.43. The van der Waals surface area contributed by atoms with Crippen molar-refractivity contribution in [1.82, 2.24) is 25.1 Å². The lowest BCUT2D eigenvalue weighted by Gasteiger charge is -2.28. The maximum Gasteiger partial charge on any atom is 0.224 e. The van der Waals surface area contributed by atoms with Crippen molar-refractivity contribution in [2.45, 2.75) is 49.0 Å². The average molecular weight is 501 g/mol. The van der Waals surface area contributed by atoms with Crippen molar-refractivity contribution in [2.75, 3.05) is 43.5 Å². The van der Waals surface area contributed by atoms with Gasteiger partial charge in [-0.15, -0.1) is 11.8 Å². The first-order valence-electron chi connectivity index (χ1n) is 11.7. The van der Waals surface area contributed by atoms with E-state index in [0.29, 0.717) is 38.0 Å². The van der Waals surface area contributed by atoms with E-state index in [0.717, 1.165) is 46.4 Å². The molecule has 8 nitrogen and oxygen atoms in total. The molecule has 1 aliphatic rings. The molecule has 1 fully saturated rings. The van der Waals surface area contributed by atoms with E-state index in [-0.39, 0.29) is 5.91 Å². The van der Waals surface area contributed by atoms with Crippen LogP contribution in [0.25, 0.3) is 11.0 Å². The number of thioether (sulfide) groups is 2. The highest BCUT2D eigenvalue weighted by atomic mass is 32.2. The fourth-order valence-corrected chi connectivity index (χ4v) is 5.20. The Kier molecular flexibility index (Phi) is 8.69. The molecule has 1 aliphatic heterocycles. The Hall–Kier alpha value is -2.30. The summed E-state index contributed by atoms with van der Waals surface area (Å²) in [6.45, 7) is 10.5. The Labute approximate surface area is 209 Å². The minimum atomic E-state index is 0.00610. The number of fused-ring (bicyclic) bond motifs is 1. The van der Waals surface area contributed by atoms with Crippen LogP contribution in [0, 0.1) is 0 Å². The quantitative estimate of drug-likeness (QED) is 0.334. The molecule has 1 aromatic carbocycles. The molecule has 1 saturated heterocycles. The summed E-state index contributed by atoms with van der Waals surface area (Å²) in [4.78, 5) is 25.5. The Morgan fingerprint density at radius 2 is 1.94 bits per heavy atom. The first kappa shape index (κ1) is 24.8. The molecule has 1 amide bonds. The van der Waals surface area contributed by atoms with Crippen LogP contribution in [0.5, 0.6) is 0 Å². The Balaban J connectivity index is 1.39. The predicted octanol–water partition coefficient (Wildman–Crippen LogP) is 3.63. The van der Waals surface area contributed by atoms with E-state index in [1.807, 2.05) is 34.8 Å². The summed E-state index contributed by atoms with van der Waals surface area (Å²) in [5.41, 5.74) is 1.82. The average Bonchev–Trinajstić information content (AvgIpc) is 3.23. The minimum absolute atomic E-state index is 0.00610. The van der Waals surface area contributed by atoms with E-state index >= 15 is 0 Å². The van der Waals surface area contributed by atoms with Crippen LogP contribution in [0.15, 0.2) is 40.5 Å². The number of carbonyl (C=O) groups excluding carboxylic acids is 1. The van der Waals surface area contributed by atoms with Gasteiger partial charge in [-0.1, -0.05) is 44.7 Å². The van der Waals surface area contributed by atoms with E-state index in [1.54, 1.807) is 11.8 Å². The van der Waals surface area contributed by atoms with Gasteiger partial charge < -0.3 is 15.0 Å². The van der Waals surface area contributed by atoms with Gasteiger partial charge in [-0.2, -0.15) is 5.10 Å². The van der Waals surface area contributed by atoms with Crippen molar-refractivity contribution in [3.63, 3.8) is 0 Å². The Morgan fingerprint density at radius 1 is 1.18 bits per heavy atom. The molecule has 3 aromatic rings. The zero-order valence-electron chi connectivity index (χ0n) is 20.0.